The van der Waals surface area contributed by atoms with Crippen molar-refractivity contribution in [3.8, 4) is 0 Å². The maximum absolute atomic E-state index is 11.4. The zero-order valence-electron chi connectivity index (χ0n) is 7.74. The van der Waals surface area contributed by atoms with Gasteiger partial charge < -0.3 is 9.88 Å². The molecule has 0 saturated carbocycles. The molecule has 1 aromatic rings. The fourth-order valence-corrected chi connectivity index (χ4v) is 1.82. The number of halogens is 1. The third kappa shape index (κ3) is 1.90. The van der Waals surface area contributed by atoms with E-state index < -0.39 is 0 Å². The van der Waals surface area contributed by atoms with E-state index in [0.29, 0.717) is 5.82 Å². The summed E-state index contributed by atoms with van der Waals surface area (Å²) in [6.45, 7) is 1.63. The van der Waals surface area contributed by atoms with Crippen LogP contribution < -0.4 is 10.5 Å². The highest BCUT2D eigenvalue weighted by Gasteiger charge is 2.19. The minimum Gasteiger partial charge on any atom is -0.352 e. The molecule has 0 unspecified atom stereocenters. The fourth-order valence-electron chi connectivity index (χ4n) is 1.63. The van der Waals surface area contributed by atoms with Crippen LogP contribution in [0.1, 0.15) is 12.8 Å². The van der Waals surface area contributed by atoms with Gasteiger partial charge in [0.15, 0.2) is 5.82 Å². The van der Waals surface area contributed by atoms with Crippen LogP contribution in [-0.2, 0) is 0 Å². The minimum absolute atomic E-state index is 0.125. The topological polar surface area (TPSA) is 49.0 Å². The molecule has 0 aliphatic carbocycles. The molecule has 0 radical (unpaired) electrons. The van der Waals surface area contributed by atoms with Crippen LogP contribution in [0, 0.1) is 0 Å². The number of alkyl halides is 1. The number of aromatic amines is 1. The maximum atomic E-state index is 11.4. The van der Waals surface area contributed by atoms with Gasteiger partial charge in [0.1, 0.15) is 0 Å². The number of H-pyrrole nitrogens is 1. The van der Waals surface area contributed by atoms with Crippen molar-refractivity contribution in [1.82, 2.24) is 9.97 Å². The van der Waals surface area contributed by atoms with Crippen molar-refractivity contribution in [2.24, 2.45) is 0 Å². The number of aromatic nitrogens is 2. The Morgan fingerprint density at radius 1 is 1.50 bits per heavy atom. The van der Waals surface area contributed by atoms with E-state index in [1.807, 2.05) is 4.90 Å². The smallest absolute Gasteiger partial charge is 0.290 e. The Morgan fingerprint density at radius 2 is 2.21 bits per heavy atom. The van der Waals surface area contributed by atoms with Gasteiger partial charge in [0.05, 0.1) is 0 Å². The molecule has 1 aromatic heterocycles. The lowest BCUT2D eigenvalue weighted by Crippen LogP contribution is -2.37. The van der Waals surface area contributed by atoms with Crippen molar-refractivity contribution in [2.75, 3.05) is 18.0 Å². The Hall–Kier alpha value is -1.03. The van der Waals surface area contributed by atoms with Crippen molar-refractivity contribution in [1.29, 1.82) is 0 Å². The normalized spacial score (nSPS) is 18.5. The van der Waals surface area contributed by atoms with E-state index in [0.717, 1.165) is 25.9 Å². The molecule has 0 spiro atoms. The van der Waals surface area contributed by atoms with Crippen LogP contribution >= 0.6 is 11.6 Å². The van der Waals surface area contributed by atoms with Gasteiger partial charge in [0.25, 0.3) is 5.56 Å². The third-order valence-corrected chi connectivity index (χ3v) is 2.85. The van der Waals surface area contributed by atoms with Gasteiger partial charge in [0, 0.05) is 30.9 Å². The van der Waals surface area contributed by atoms with Crippen LogP contribution in [0.2, 0.25) is 0 Å². The predicted molar refractivity (Wildman–Crippen MR) is 55.9 cm³/mol. The maximum Gasteiger partial charge on any atom is 0.290 e. The summed E-state index contributed by atoms with van der Waals surface area (Å²) >= 11 is 5.98. The van der Waals surface area contributed by atoms with Crippen LogP contribution in [0.25, 0.3) is 0 Å². The molecule has 1 saturated heterocycles. The molecule has 4 nitrogen and oxygen atoms in total. The van der Waals surface area contributed by atoms with Gasteiger partial charge in [-0.25, -0.2) is 4.98 Å². The second-order valence-corrected chi connectivity index (χ2v) is 4.02. The van der Waals surface area contributed by atoms with E-state index >= 15 is 0 Å². The molecular weight excluding hydrogens is 202 g/mol. The Labute approximate surface area is 86.9 Å². The first-order valence-corrected chi connectivity index (χ1v) is 5.14. The Bertz CT molecular complexity index is 357. The first-order chi connectivity index (χ1) is 6.77. The monoisotopic (exact) mass is 213 g/mol. The van der Waals surface area contributed by atoms with Gasteiger partial charge in [-0.05, 0) is 12.8 Å². The molecule has 14 heavy (non-hydrogen) atoms. The molecule has 5 heteroatoms. The standard InChI is InChI=1S/C9H12ClN3O/c10-7-1-5-13(6-2-7)8-9(14)12-4-3-11-8/h3-4,7H,1-2,5-6H2,(H,12,14). The summed E-state index contributed by atoms with van der Waals surface area (Å²) in [6.07, 6.45) is 4.97. The summed E-state index contributed by atoms with van der Waals surface area (Å²) in [5.41, 5.74) is -0.125. The number of rotatable bonds is 1. The highest BCUT2D eigenvalue weighted by molar-refractivity contribution is 6.20. The van der Waals surface area contributed by atoms with Gasteiger partial charge in [0.2, 0.25) is 0 Å². The Kier molecular flexibility index (Phi) is 2.72. The molecule has 0 aromatic carbocycles. The molecule has 0 bridgehead atoms. The molecule has 0 atom stereocenters. The summed E-state index contributed by atoms with van der Waals surface area (Å²) in [5.74, 6) is 0.510. The summed E-state index contributed by atoms with van der Waals surface area (Å²) in [4.78, 5) is 20.1. The lowest BCUT2D eigenvalue weighted by atomic mass is 10.1. The Balaban J connectivity index is 2.16. The van der Waals surface area contributed by atoms with E-state index in [2.05, 4.69) is 9.97 Å². The lowest BCUT2D eigenvalue weighted by Gasteiger charge is -2.29. The molecule has 76 valence electrons. The van der Waals surface area contributed by atoms with Crippen LogP contribution in [0.15, 0.2) is 17.2 Å². The number of nitrogens with zero attached hydrogens (tertiary/aromatic N) is 2. The minimum atomic E-state index is -0.125. The van der Waals surface area contributed by atoms with Crippen molar-refractivity contribution < 1.29 is 0 Å². The number of anilines is 1. The highest BCUT2D eigenvalue weighted by atomic mass is 35.5. The Morgan fingerprint density at radius 3 is 2.86 bits per heavy atom. The molecule has 1 aliphatic heterocycles. The quantitative estimate of drug-likeness (QED) is 0.708. The van der Waals surface area contributed by atoms with Crippen molar-refractivity contribution >= 4 is 17.4 Å². The number of nitrogens with one attached hydrogen (secondary N) is 1. The van der Waals surface area contributed by atoms with E-state index in [1.54, 1.807) is 12.4 Å². The zero-order valence-corrected chi connectivity index (χ0v) is 8.50. The lowest BCUT2D eigenvalue weighted by molar-refractivity contribution is 0.578. The fraction of sp³-hybridized carbons (Fsp3) is 0.556. The molecule has 0 amide bonds. The average molecular weight is 214 g/mol. The summed E-state index contributed by atoms with van der Waals surface area (Å²) in [6, 6.07) is 0. The van der Waals surface area contributed by atoms with Crippen LogP contribution in [0.3, 0.4) is 0 Å². The third-order valence-electron chi connectivity index (χ3n) is 2.41. The molecule has 2 rings (SSSR count). The first kappa shape index (κ1) is 9.52. The van der Waals surface area contributed by atoms with Gasteiger partial charge in [-0.2, -0.15) is 0 Å². The second kappa shape index (κ2) is 4.00. The molecular formula is C9H12ClN3O. The van der Waals surface area contributed by atoms with Gasteiger partial charge in [-0.1, -0.05) is 0 Å². The summed E-state index contributed by atoms with van der Waals surface area (Å²) in [7, 11) is 0. The van der Waals surface area contributed by atoms with Crippen molar-refractivity contribution in [3.63, 3.8) is 0 Å². The SMILES string of the molecule is O=c1[nH]ccnc1N1CCC(Cl)CC1. The molecule has 1 fully saturated rings. The van der Waals surface area contributed by atoms with E-state index in [-0.39, 0.29) is 10.9 Å². The first-order valence-electron chi connectivity index (χ1n) is 4.70. The highest BCUT2D eigenvalue weighted by Crippen LogP contribution is 2.17. The molecule has 2 heterocycles. The van der Waals surface area contributed by atoms with Gasteiger partial charge in [-0.3, -0.25) is 4.79 Å². The number of hydrogen-bond donors (Lipinski definition) is 1. The van der Waals surface area contributed by atoms with E-state index in [1.165, 1.54) is 0 Å². The van der Waals surface area contributed by atoms with Crippen LogP contribution in [-0.4, -0.2) is 28.4 Å². The van der Waals surface area contributed by atoms with Crippen LogP contribution in [0.5, 0.6) is 0 Å². The largest absolute Gasteiger partial charge is 0.352 e. The predicted octanol–water partition coefficient (Wildman–Crippen LogP) is 0.978. The zero-order chi connectivity index (χ0) is 9.97. The number of piperidine rings is 1. The van der Waals surface area contributed by atoms with Gasteiger partial charge >= 0.3 is 0 Å². The number of hydrogen-bond acceptors (Lipinski definition) is 3. The van der Waals surface area contributed by atoms with Crippen LogP contribution in [0.4, 0.5) is 5.82 Å². The van der Waals surface area contributed by atoms with Gasteiger partial charge in [-0.15, -0.1) is 11.6 Å². The second-order valence-electron chi connectivity index (χ2n) is 3.40. The molecule has 1 N–H and O–H groups in total. The van der Waals surface area contributed by atoms with Crippen molar-refractivity contribution in [2.45, 2.75) is 18.2 Å². The molecule has 1 aliphatic rings. The van der Waals surface area contributed by atoms with Crippen molar-refractivity contribution in [3.05, 3.63) is 22.7 Å². The van der Waals surface area contributed by atoms with E-state index in [9.17, 15) is 4.79 Å². The average Bonchev–Trinajstić information content (AvgIpc) is 2.20. The summed E-state index contributed by atoms with van der Waals surface area (Å²) < 4.78 is 0. The van der Waals surface area contributed by atoms with E-state index in [4.69, 9.17) is 11.6 Å². The summed E-state index contributed by atoms with van der Waals surface area (Å²) in [5, 5.41) is 0.244.